The molecule has 1 aromatic rings. The minimum absolute atomic E-state index is 0.339. The maximum atomic E-state index is 5.46. The highest BCUT2D eigenvalue weighted by atomic mass is 16.5. The third-order valence-electron chi connectivity index (χ3n) is 2.43. The first kappa shape index (κ1) is 7.81. The van der Waals surface area contributed by atoms with Gasteiger partial charge in [-0.2, -0.15) is 0 Å². The van der Waals surface area contributed by atoms with Crippen LogP contribution in [-0.4, -0.2) is 7.11 Å². The van der Waals surface area contributed by atoms with E-state index in [1.54, 1.807) is 7.11 Å². The molecule has 0 amide bonds. The smallest absolute Gasteiger partial charge is 0.0849 e. The lowest BCUT2D eigenvalue weighted by atomic mass is 10.1. The average molecular weight is 162 g/mol. The monoisotopic (exact) mass is 162 g/mol. The molecule has 1 aliphatic carbocycles. The van der Waals surface area contributed by atoms with Crippen LogP contribution in [-0.2, 0) is 4.74 Å². The van der Waals surface area contributed by atoms with Gasteiger partial charge in [0.15, 0.2) is 0 Å². The van der Waals surface area contributed by atoms with Crippen molar-refractivity contribution in [3.8, 4) is 0 Å². The quantitative estimate of drug-likeness (QED) is 0.664. The van der Waals surface area contributed by atoms with Crippen molar-refractivity contribution in [1.82, 2.24) is 0 Å². The topological polar surface area (TPSA) is 9.23 Å². The molecule has 0 N–H and O–H groups in total. The molecule has 1 aliphatic rings. The Morgan fingerprint density at radius 3 is 2.42 bits per heavy atom. The zero-order chi connectivity index (χ0) is 8.39. The van der Waals surface area contributed by atoms with Crippen molar-refractivity contribution in [2.45, 2.75) is 18.9 Å². The minimum atomic E-state index is 0.339. The van der Waals surface area contributed by atoms with Gasteiger partial charge in [-0.15, -0.1) is 0 Å². The number of hydrogen-bond donors (Lipinski definition) is 0. The molecule has 1 heteroatoms. The highest BCUT2D eigenvalue weighted by molar-refractivity contribution is 5.19. The summed E-state index contributed by atoms with van der Waals surface area (Å²) in [7, 11) is 1.80. The van der Waals surface area contributed by atoms with Crippen LogP contribution in [0.15, 0.2) is 30.3 Å². The molecule has 0 aliphatic heterocycles. The zero-order valence-corrected chi connectivity index (χ0v) is 7.36. The maximum Gasteiger partial charge on any atom is 0.0849 e. The van der Waals surface area contributed by atoms with Crippen molar-refractivity contribution in [3.05, 3.63) is 35.9 Å². The Labute approximate surface area is 73.4 Å². The molecule has 0 aromatic heterocycles. The fourth-order valence-corrected chi connectivity index (χ4v) is 1.64. The Morgan fingerprint density at radius 1 is 1.25 bits per heavy atom. The van der Waals surface area contributed by atoms with E-state index in [2.05, 4.69) is 24.3 Å². The molecule has 0 bridgehead atoms. The Kier molecular flexibility index (Phi) is 2.13. The zero-order valence-electron chi connectivity index (χ0n) is 7.36. The van der Waals surface area contributed by atoms with Crippen LogP contribution in [0.2, 0.25) is 0 Å². The summed E-state index contributed by atoms with van der Waals surface area (Å²) in [6.07, 6.45) is 2.99. The second kappa shape index (κ2) is 3.28. The van der Waals surface area contributed by atoms with Gasteiger partial charge in [0.05, 0.1) is 6.10 Å². The highest BCUT2D eigenvalue weighted by Gasteiger charge is 2.31. The van der Waals surface area contributed by atoms with Crippen molar-refractivity contribution in [3.63, 3.8) is 0 Å². The number of methoxy groups -OCH3 is 1. The number of ether oxygens (including phenoxy) is 1. The van der Waals surface area contributed by atoms with Gasteiger partial charge in [0, 0.05) is 7.11 Å². The summed E-state index contributed by atoms with van der Waals surface area (Å²) in [5, 5.41) is 0. The SMILES string of the molecule is CO[C@H](c1ccccc1)C1CC1. The van der Waals surface area contributed by atoms with E-state index < -0.39 is 0 Å². The Bertz CT molecular complexity index is 238. The number of rotatable bonds is 3. The molecule has 1 fully saturated rings. The van der Waals surface area contributed by atoms with E-state index in [1.165, 1.54) is 18.4 Å². The molecular weight excluding hydrogens is 148 g/mol. The van der Waals surface area contributed by atoms with Gasteiger partial charge in [0.2, 0.25) is 0 Å². The van der Waals surface area contributed by atoms with E-state index >= 15 is 0 Å². The summed E-state index contributed by atoms with van der Waals surface area (Å²) < 4.78 is 5.46. The van der Waals surface area contributed by atoms with Gasteiger partial charge < -0.3 is 4.74 Å². The van der Waals surface area contributed by atoms with Crippen LogP contribution in [0.3, 0.4) is 0 Å². The van der Waals surface area contributed by atoms with Crippen molar-refractivity contribution < 1.29 is 4.74 Å². The van der Waals surface area contributed by atoms with Gasteiger partial charge in [-0.1, -0.05) is 30.3 Å². The second-order valence-electron chi connectivity index (χ2n) is 3.40. The molecule has 1 saturated carbocycles. The van der Waals surface area contributed by atoms with Crippen LogP contribution in [0.1, 0.15) is 24.5 Å². The lowest BCUT2D eigenvalue weighted by Gasteiger charge is -2.13. The van der Waals surface area contributed by atoms with Gasteiger partial charge in [0.25, 0.3) is 0 Å². The van der Waals surface area contributed by atoms with Crippen LogP contribution >= 0.6 is 0 Å². The van der Waals surface area contributed by atoms with Crippen LogP contribution in [0.5, 0.6) is 0 Å². The molecule has 1 nitrogen and oxygen atoms in total. The lowest BCUT2D eigenvalue weighted by Crippen LogP contribution is -2.02. The molecule has 0 spiro atoms. The molecule has 1 atom stereocenters. The largest absolute Gasteiger partial charge is 0.376 e. The normalized spacial score (nSPS) is 19.1. The summed E-state index contributed by atoms with van der Waals surface area (Å²) in [6.45, 7) is 0. The predicted octanol–water partition coefficient (Wildman–Crippen LogP) is 2.78. The fourth-order valence-electron chi connectivity index (χ4n) is 1.64. The molecule has 0 heterocycles. The van der Waals surface area contributed by atoms with E-state index in [9.17, 15) is 0 Å². The van der Waals surface area contributed by atoms with Gasteiger partial charge in [-0.3, -0.25) is 0 Å². The van der Waals surface area contributed by atoms with Crippen molar-refractivity contribution in [2.24, 2.45) is 5.92 Å². The summed E-state index contributed by atoms with van der Waals surface area (Å²) in [5.41, 5.74) is 1.32. The summed E-state index contributed by atoms with van der Waals surface area (Å²) in [4.78, 5) is 0. The summed E-state index contributed by atoms with van der Waals surface area (Å²) >= 11 is 0. The first-order valence-electron chi connectivity index (χ1n) is 4.49. The van der Waals surface area contributed by atoms with E-state index in [1.807, 2.05) is 6.07 Å². The van der Waals surface area contributed by atoms with E-state index in [0.29, 0.717) is 6.10 Å². The van der Waals surface area contributed by atoms with Gasteiger partial charge in [-0.25, -0.2) is 0 Å². The van der Waals surface area contributed by atoms with E-state index in [0.717, 1.165) is 5.92 Å². The van der Waals surface area contributed by atoms with Crippen molar-refractivity contribution >= 4 is 0 Å². The Balaban J connectivity index is 2.15. The van der Waals surface area contributed by atoms with Gasteiger partial charge >= 0.3 is 0 Å². The van der Waals surface area contributed by atoms with E-state index in [4.69, 9.17) is 4.74 Å². The second-order valence-corrected chi connectivity index (χ2v) is 3.40. The molecule has 1 aromatic carbocycles. The fraction of sp³-hybridized carbons (Fsp3) is 0.455. The molecule has 2 rings (SSSR count). The van der Waals surface area contributed by atoms with Crippen LogP contribution in [0, 0.1) is 5.92 Å². The molecule has 0 saturated heterocycles. The third kappa shape index (κ3) is 1.51. The molecule has 0 radical (unpaired) electrons. The number of benzene rings is 1. The number of hydrogen-bond acceptors (Lipinski definition) is 1. The predicted molar refractivity (Wildman–Crippen MR) is 48.9 cm³/mol. The van der Waals surface area contributed by atoms with Gasteiger partial charge in [0.1, 0.15) is 0 Å². The average Bonchev–Trinajstić information content (AvgIpc) is 2.92. The molecular formula is C11H14O. The summed E-state index contributed by atoms with van der Waals surface area (Å²) in [5.74, 6) is 0.775. The molecule has 12 heavy (non-hydrogen) atoms. The van der Waals surface area contributed by atoms with Crippen LogP contribution < -0.4 is 0 Å². The molecule has 64 valence electrons. The van der Waals surface area contributed by atoms with Crippen molar-refractivity contribution in [1.29, 1.82) is 0 Å². The first-order chi connectivity index (χ1) is 5.92. The maximum absolute atomic E-state index is 5.46. The standard InChI is InChI=1S/C11H14O/c1-12-11(10-7-8-10)9-5-3-2-4-6-9/h2-6,10-11H,7-8H2,1H3/t11-/m1/s1. The Hall–Kier alpha value is -0.820. The lowest BCUT2D eigenvalue weighted by molar-refractivity contribution is 0.0846. The van der Waals surface area contributed by atoms with Crippen LogP contribution in [0.25, 0.3) is 0 Å². The molecule has 0 unspecified atom stereocenters. The third-order valence-corrected chi connectivity index (χ3v) is 2.43. The van der Waals surface area contributed by atoms with Gasteiger partial charge in [-0.05, 0) is 24.3 Å². The van der Waals surface area contributed by atoms with Crippen LogP contribution in [0.4, 0.5) is 0 Å². The van der Waals surface area contributed by atoms with E-state index in [-0.39, 0.29) is 0 Å². The highest BCUT2D eigenvalue weighted by Crippen LogP contribution is 2.42. The summed E-state index contributed by atoms with van der Waals surface area (Å²) in [6, 6.07) is 10.5. The minimum Gasteiger partial charge on any atom is -0.376 e. The first-order valence-corrected chi connectivity index (χ1v) is 4.49. The Morgan fingerprint density at radius 2 is 1.92 bits per heavy atom. The van der Waals surface area contributed by atoms with Crippen molar-refractivity contribution in [2.75, 3.05) is 7.11 Å².